The van der Waals surface area contributed by atoms with Gasteiger partial charge in [-0.1, -0.05) is 24.3 Å². The van der Waals surface area contributed by atoms with Crippen LogP contribution in [-0.2, 0) is 6.54 Å². The van der Waals surface area contributed by atoms with E-state index in [2.05, 4.69) is 52.8 Å². The number of para-hydroxylation sites is 1. The van der Waals surface area contributed by atoms with Crippen molar-refractivity contribution in [1.29, 1.82) is 0 Å². The Morgan fingerprint density at radius 1 is 1.16 bits per heavy atom. The number of benzene rings is 1. The van der Waals surface area contributed by atoms with E-state index >= 15 is 0 Å². The van der Waals surface area contributed by atoms with Crippen LogP contribution in [0.4, 0.5) is 0 Å². The quantitative estimate of drug-likeness (QED) is 0.721. The molecular formula is C21H25N3O. The number of pyridine rings is 1. The van der Waals surface area contributed by atoms with Crippen LogP contribution in [0.1, 0.15) is 35.8 Å². The standard InChI is InChI=1S/C21H25N3O/c1-16-22-21(19-10-5-6-13-24(16)19)18-9-7-12-23(15-18)14-17-8-3-4-11-20(17)25-2/h3-6,8,10-11,13,18H,7,9,12,14-15H2,1-2H3. The Kier molecular flexibility index (Phi) is 4.45. The lowest BCUT2D eigenvalue weighted by atomic mass is 9.93. The Labute approximate surface area is 149 Å². The third-order valence-electron chi connectivity index (χ3n) is 5.23. The number of imidazole rings is 1. The first-order chi connectivity index (χ1) is 12.3. The fraction of sp³-hybridized carbons (Fsp3) is 0.381. The molecule has 2 aromatic heterocycles. The summed E-state index contributed by atoms with van der Waals surface area (Å²) in [5.41, 5.74) is 3.77. The van der Waals surface area contributed by atoms with Gasteiger partial charge in [-0.25, -0.2) is 4.98 Å². The zero-order valence-corrected chi connectivity index (χ0v) is 15.0. The number of fused-ring (bicyclic) bond motifs is 1. The largest absolute Gasteiger partial charge is 0.496 e. The summed E-state index contributed by atoms with van der Waals surface area (Å²) in [7, 11) is 1.75. The topological polar surface area (TPSA) is 29.8 Å². The highest BCUT2D eigenvalue weighted by atomic mass is 16.5. The van der Waals surface area contributed by atoms with Gasteiger partial charge in [-0.2, -0.15) is 0 Å². The summed E-state index contributed by atoms with van der Waals surface area (Å²) < 4.78 is 7.72. The van der Waals surface area contributed by atoms with Crippen LogP contribution in [0, 0.1) is 6.92 Å². The lowest BCUT2D eigenvalue weighted by molar-refractivity contribution is 0.197. The number of nitrogens with zero attached hydrogens (tertiary/aromatic N) is 3. The highest BCUT2D eigenvalue weighted by Gasteiger charge is 2.25. The summed E-state index contributed by atoms with van der Waals surface area (Å²) in [5, 5.41) is 0. The molecule has 3 heterocycles. The van der Waals surface area contributed by atoms with Crippen LogP contribution in [0.2, 0.25) is 0 Å². The van der Waals surface area contributed by atoms with Crippen molar-refractivity contribution in [2.45, 2.75) is 32.2 Å². The van der Waals surface area contributed by atoms with Gasteiger partial charge in [0.1, 0.15) is 11.6 Å². The van der Waals surface area contributed by atoms with Crippen LogP contribution in [0.3, 0.4) is 0 Å². The number of ether oxygens (including phenoxy) is 1. The van der Waals surface area contributed by atoms with E-state index in [9.17, 15) is 0 Å². The molecular weight excluding hydrogens is 310 g/mol. The summed E-state index contributed by atoms with van der Waals surface area (Å²) in [6.07, 6.45) is 4.53. The maximum Gasteiger partial charge on any atom is 0.123 e. The van der Waals surface area contributed by atoms with Crippen molar-refractivity contribution in [3.8, 4) is 5.75 Å². The monoisotopic (exact) mass is 335 g/mol. The molecule has 1 atom stereocenters. The minimum atomic E-state index is 0.495. The summed E-state index contributed by atoms with van der Waals surface area (Å²) in [5.74, 6) is 2.55. The van der Waals surface area contributed by atoms with Crippen LogP contribution >= 0.6 is 0 Å². The van der Waals surface area contributed by atoms with Crippen molar-refractivity contribution in [2.75, 3.05) is 20.2 Å². The summed E-state index contributed by atoms with van der Waals surface area (Å²) >= 11 is 0. The molecule has 130 valence electrons. The Balaban J connectivity index is 1.56. The second-order valence-corrected chi connectivity index (χ2v) is 6.89. The van der Waals surface area contributed by atoms with Gasteiger partial charge >= 0.3 is 0 Å². The summed E-state index contributed by atoms with van der Waals surface area (Å²) in [6.45, 7) is 5.22. The molecule has 0 bridgehead atoms. The number of hydrogen-bond donors (Lipinski definition) is 0. The number of aromatic nitrogens is 2. The third kappa shape index (κ3) is 3.14. The highest BCUT2D eigenvalue weighted by molar-refractivity contribution is 5.54. The van der Waals surface area contributed by atoms with Crippen molar-refractivity contribution < 1.29 is 4.74 Å². The molecule has 0 radical (unpaired) electrons. The molecule has 3 aromatic rings. The number of methoxy groups -OCH3 is 1. The number of likely N-dealkylation sites (tertiary alicyclic amines) is 1. The first kappa shape index (κ1) is 16.2. The number of piperidine rings is 1. The molecule has 4 heteroatoms. The van der Waals surface area contributed by atoms with Crippen molar-refractivity contribution in [2.24, 2.45) is 0 Å². The van der Waals surface area contributed by atoms with Crippen LogP contribution in [0.25, 0.3) is 5.52 Å². The van der Waals surface area contributed by atoms with Gasteiger partial charge in [0.05, 0.1) is 18.3 Å². The minimum Gasteiger partial charge on any atom is -0.496 e. The van der Waals surface area contributed by atoms with E-state index < -0.39 is 0 Å². The molecule has 0 amide bonds. The summed E-state index contributed by atoms with van der Waals surface area (Å²) in [4.78, 5) is 7.44. The van der Waals surface area contributed by atoms with Gasteiger partial charge in [-0.05, 0) is 44.5 Å². The maximum absolute atomic E-state index is 5.52. The molecule has 0 saturated carbocycles. The molecule has 1 saturated heterocycles. The van der Waals surface area contributed by atoms with E-state index in [0.717, 1.165) is 31.2 Å². The first-order valence-corrected chi connectivity index (χ1v) is 9.04. The van der Waals surface area contributed by atoms with E-state index in [4.69, 9.17) is 9.72 Å². The van der Waals surface area contributed by atoms with E-state index in [1.165, 1.54) is 29.6 Å². The van der Waals surface area contributed by atoms with Crippen molar-refractivity contribution in [1.82, 2.24) is 14.3 Å². The Bertz CT molecular complexity index is 870. The zero-order chi connectivity index (χ0) is 17.2. The van der Waals surface area contributed by atoms with E-state index in [1.807, 2.05) is 12.1 Å². The SMILES string of the molecule is COc1ccccc1CN1CCCC(c2nc(C)n3ccccc23)C1. The van der Waals surface area contributed by atoms with E-state index in [-0.39, 0.29) is 0 Å². The van der Waals surface area contributed by atoms with Gasteiger partial charge < -0.3 is 9.14 Å². The van der Waals surface area contributed by atoms with E-state index in [1.54, 1.807) is 7.11 Å². The lowest BCUT2D eigenvalue weighted by Crippen LogP contribution is -2.34. The second-order valence-electron chi connectivity index (χ2n) is 6.89. The number of rotatable bonds is 4. The van der Waals surface area contributed by atoms with Crippen LogP contribution in [0.5, 0.6) is 5.75 Å². The number of aryl methyl sites for hydroxylation is 1. The number of hydrogen-bond acceptors (Lipinski definition) is 3. The molecule has 4 rings (SSSR count). The molecule has 0 N–H and O–H groups in total. The van der Waals surface area contributed by atoms with Gasteiger partial charge in [-0.3, -0.25) is 4.90 Å². The fourth-order valence-electron chi connectivity index (χ4n) is 4.02. The highest BCUT2D eigenvalue weighted by Crippen LogP contribution is 2.31. The van der Waals surface area contributed by atoms with Crippen molar-refractivity contribution in [3.05, 3.63) is 65.7 Å². The minimum absolute atomic E-state index is 0.495. The molecule has 1 aliphatic rings. The molecule has 0 spiro atoms. The second kappa shape index (κ2) is 6.89. The van der Waals surface area contributed by atoms with Crippen molar-refractivity contribution in [3.63, 3.8) is 0 Å². The van der Waals surface area contributed by atoms with E-state index in [0.29, 0.717) is 5.92 Å². The zero-order valence-electron chi connectivity index (χ0n) is 15.0. The molecule has 0 aliphatic carbocycles. The molecule has 4 nitrogen and oxygen atoms in total. The molecule has 1 unspecified atom stereocenters. The first-order valence-electron chi connectivity index (χ1n) is 9.04. The smallest absolute Gasteiger partial charge is 0.123 e. The average Bonchev–Trinajstić information content (AvgIpc) is 3.00. The predicted octanol–water partition coefficient (Wildman–Crippen LogP) is 4.03. The Hall–Kier alpha value is -2.33. The van der Waals surface area contributed by atoms with Gasteiger partial charge in [0.15, 0.2) is 0 Å². The van der Waals surface area contributed by atoms with Crippen LogP contribution in [-0.4, -0.2) is 34.5 Å². The molecule has 1 aliphatic heterocycles. The summed E-state index contributed by atoms with van der Waals surface area (Å²) in [6, 6.07) is 14.7. The van der Waals surface area contributed by atoms with Gasteiger partial charge in [-0.15, -0.1) is 0 Å². The normalized spacial score (nSPS) is 18.6. The molecule has 1 aromatic carbocycles. The molecule has 1 fully saturated rings. The third-order valence-corrected chi connectivity index (χ3v) is 5.23. The Morgan fingerprint density at radius 2 is 2.00 bits per heavy atom. The average molecular weight is 335 g/mol. The fourth-order valence-corrected chi connectivity index (χ4v) is 4.02. The van der Waals surface area contributed by atoms with Crippen LogP contribution < -0.4 is 4.74 Å². The van der Waals surface area contributed by atoms with Crippen molar-refractivity contribution >= 4 is 5.52 Å². The maximum atomic E-state index is 5.52. The predicted molar refractivity (Wildman–Crippen MR) is 100 cm³/mol. The van der Waals surface area contributed by atoms with Crippen LogP contribution in [0.15, 0.2) is 48.7 Å². The van der Waals surface area contributed by atoms with Gasteiger partial charge in [0.25, 0.3) is 0 Å². The van der Waals surface area contributed by atoms with Gasteiger partial charge in [0, 0.05) is 30.8 Å². The Morgan fingerprint density at radius 3 is 2.88 bits per heavy atom. The van der Waals surface area contributed by atoms with Gasteiger partial charge in [0.2, 0.25) is 0 Å². The molecule has 25 heavy (non-hydrogen) atoms. The lowest BCUT2D eigenvalue weighted by Gasteiger charge is -2.32.